The summed E-state index contributed by atoms with van der Waals surface area (Å²) >= 11 is 0. The normalized spacial score (nSPS) is 13.1. The molecule has 9 nitrogen and oxygen atoms in total. The molecule has 2 aromatic carbocycles. The number of fused-ring (bicyclic) bond motifs is 3. The average molecular weight is 529 g/mol. The molecule has 1 N–H and O–H groups in total. The van der Waals surface area contributed by atoms with Crippen LogP contribution in [0, 0.1) is 0 Å². The van der Waals surface area contributed by atoms with E-state index < -0.39 is 10.0 Å². The van der Waals surface area contributed by atoms with Gasteiger partial charge < -0.3 is 10.2 Å². The number of nitrogens with zero attached hydrogens (tertiary/aromatic N) is 5. The first kappa shape index (κ1) is 25.5. The average Bonchev–Trinajstić information content (AvgIpc) is 3.04. The number of aromatic nitrogens is 3. The van der Waals surface area contributed by atoms with Gasteiger partial charge in [0.15, 0.2) is 0 Å². The number of hydrogen-bond acceptors (Lipinski definition) is 7. The molecular weight excluding hydrogens is 500 g/mol. The van der Waals surface area contributed by atoms with Crippen LogP contribution in [-0.4, -0.2) is 53.7 Å². The summed E-state index contributed by atoms with van der Waals surface area (Å²) in [4.78, 5) is 27.9. The number of anilines is 3. The monoisotopic (exact) mass is 528 g/mol. The zero-order valence-electron chi connectivity index (χ0n) is 21.2. The number of carbonyl (C=O) groups is 1. The Labute approximate surface area is 222 Å². The predicted octanol–water partition coefficient (Wildman–Crippen LogP) is 4.05. The van der Waals surface area contributed by atoms with Crippen molar-refractivity contribution in [3.63, 3.8) is 0 Å². The summed E-state index contributed by atoms with van der Waals surface area (Å²) in [6.45, 7) is 2.53. The second-order valence-electron chi connectivity index (χ2n) is 8.93. The maximum absolute atomic E-state index is 13.2. The topological polar surface area (TPSA) is 108 Å². The van der Waals surface area contributed by atoms with Gasteiger partial charge in [-0.2, -0.15) is 4.31 Å². The van der Waals surface area contributed by atoms with Gasteiger partial charge in [0, 0.05) is 61.5 Å². The van der Waals surface area contributed by atoms with Crippen LogP contribution in [0.15, 0.2) is 84.0 Å². The molecule has 3 heterocycles. The number of pyridine rings is 1. The Morgan fingerprint density at radius 1 is 1.00 bits per heavy atom. The van der Waals surface area contributed by atoms with E-state index in [1.165, 1.54) is 4.31 Å². The standard InChI is InChI=1S/C28H28N6O3S/c1-3-34(17-15-21-8-6-7-16-29-21)38(36,37)23-13-11-22(12-14-23)31-28-30-19-20-18-26(35)33(2)25-10-5-4-9-24(25)27(20)32-28/h4-14,16,19H,3,15,17-18H2,1-2H3,(H,30,31,32). The van der Waals surface area contributed by atoms with Crippen molar-refractivity contribution >= 4 is 33.3 Å². The molecule has 0 aliphatic carbocycles. The van der Waals surface area contributed by atoms with Crippen molar-refractivity contribution in [1.82, 2.24) is 19.3 Å². The van der Waals surface area contributed by atoms with Crippen LogP contribution >= 0.6 is 0 Å². The lowest BCUT2D eigenvalue weighted by Crippen LogP contribution is -2.32. The molecule has 4 aromatic rings. The highest BCUT2D eigenvalue weighted by molar-refractivity contribution is 7.89. The Kier molecular flexibility index (Phi) is 7.17. The lowest BCUT2D eigenvalue weighted by Gasteiger charge is -2.20. The number of benzene rings is 2. The van der Waals surface area contributed by atoms with Crippen molar-refractivity contribution in [2.45, 2.75) is 24.7 Å². The number of likely N-dealkylation sites (N-methyl/N-ethyl adjacent to an activating group) is 2. The van der Waals surface area contributed by atoms with Crippen molar-refractivity contribution in [2.24, 2.45) is 0 Å². The summed E-state index contributed by atoms with van der Waals surface area (Å²) in [6.07, 6.45) is 4.11. The Balaban J connectivity index is 1.35. The molecule has 1 aliphatic rings. The first-order valence-electron chi connectivity index (χ1n) is 12.4. The minimum absolute atomic E-state index is 0.0292. The highest BCUT2D eigenvalue weighted by Crippen LogP contribution is 2.35. The van der Waals surface area contributed by atoms with E-state index >= 15 is 0 Å². The van der Waals surface area contributed by atoms with Crippen molar-refractivity contribution in [3.05, 3.63) is 90.4 Å². The van der Waals surface area contributed by atoms with Crippen molar-refractivity contribution in [2.75, 3.05) is 30.4 Å². The summed E-state index contributed by atoms with van der Waals surface area (Å²) in [5.74, 6) is 0.329. The first-order valence-corrected chi connectivity index (χ1v) is 13.8. The van der Waals surface area contributed by atoms with Gasteiger partial charge in [0.05, 0.1) is 22.7 Å². The van der Waals surface area contributed by atoms with Crippen LogP contribution in [-0.2, 0) is 27.7 Å². The van der Waals surface area contributed by atoms with Gasteiger partial charge in [-0.25, -0.2) is 18.4 Å². The quantitative estimate of drug-likeness (QED) is 0.367. The van der Waals surface area contributed by atoms with Crippen molar-refractivity contribution in [3.8, 4) is 11.3 Å². The zero-order valence-corrected chi connectivity index (χ0v) is 22.0. The van der Waals surface area contributed by atoms with Crippen LogP contribution in [0.1, 0.15) is 18.2 Å². The maximum atomic E-state index is 13.2. The highest BCUT2D eigenvalue weighted by atomic mass is 32.2. The molecule has 0 radical (unpaired) electrons. The van der Waals surface area contributed by atoms with Gasteiger partial charge in [-0.15, -0.1) is 0 Å². The van der Waals surface area contributed by atoms with Crippen LogP contribution in [0.3, 0.4) is 0 Å². The van der Waals surface area contributed by atoms with Gasteiger partial charge in [0.25, 0.3) is 0 Å². The molecule has 2 aromatic heterocycles. The number of amides is 1. The number of hydrogen-bond donors (Lipinski definition) is 1. The third-order valence-electron chi connectivity index (χ3n) is 6.55. The SMILES string of the molecule is CCN(CCc1ccccn1)S(=O)(=O)c1ccc(Nc2ncc3c(n2)-c2ccccc2N(C)C(=O)C3)cc1. The molecule has 0 unspecified atom stereocenters. The summed E-state index contributed by atoms with van der Waals surface area (Å²) < 4.78 is 27.9. The Bertz CT molecular complexity index is 1560. The van der Waals surface area contributed by atoms with Crippen LogP contribution < -0.4 is 10.2 Å². The number of rotatable bonds is 8. The number of para-hydroxylation sites is 1. The van der Waals surface area contributed by atoms with Gasteiger partial charge in [0.1, 0.15) is 0 Å². The molecule has 5 rings (SSSR count). The minimum atomic E-state index is -3.66. The Morgan fingerprint density at radius 2 is 1.76 bits per heavy atom. The number of nitrogens with one attached hydrogen (secondary N) is 1. The number of carbonyl (C=O) groups excluding carboxylic acids is 1. The minimum Gasteiger partial charge on any atom is -0.324 e. The molecule has 194 valence electrons. The van der Waals surface area contributed by atoms with Crippen molar-refractivity contribution < 1.29 is 13.2 Å². The van der Waals surface area contributed by atoms with E-state index in [9.17, 15) is 13.2 Å². The lowest BCUT2D eigenvalue weighted by atomic mass is 10.1. The molecule has 38 heavy (non-hydrogen) atoms. The molecule has 10 heteroatoms. The largest absolute Gasteiger partial charge is 0.324 e. The Morgan fingerprint density at radius 3 is 2.50 bits per heavy atom. The third kappa shape index (κ3) is 5.13. The summed E-state index contributed by atoms with van der Waals surface area (Å²) in [5.41, 5.74) is 4.59. The molecule has 1 amide bonds. The summed E-state index contributed by atoms with van der Waals surface area (Å²) in [7, 11) is -1.90. The fourth-order valence-corrected chi connectivity index (χ4v) is 5.88. The first-order chi connectivity index (χ1) is 18.4. The highest BCUT2D eigenvalue weighted by Gasteiger charge is 2.25. The lowest BCUT2D eigenvalue weighted by molar-refractivity contribution is -0.117. The van der Waals surface area contributed by atoms with Gasteiger partial charge in [-0.1, -0.05) is 31.2 Å². The van der Waals surface area contributed by atoms with Gasteiger partial charge in [-0.3, -0.25) is 9.78 Å². The van der Waals surface area contributed by atoms with Crippen molar-refractivity contribution in [1.29, 1.82) is 0 Å². The fraction of sp³-hybridized carbons (Fsp3) is 0.214. The van der Waals surface area contributed by atoms with Crippen LogP contribution in [0.4, 0.5) is 17.3 Å². The second kappa shape index (κ2) is 10.7. The summed E-state index contributed by atoms with van der Waals surface area (Å²) in [6, 6.07) is 19.8. The fourth-order valence-electron chi connectivity index (χ4n) is 4.43. The summed E-state index contributed by atoms with van der Waals surface area (Å²) in [5, 5.41) is 3.16. The molecule has 0 atom stereocenters. The van der Waals surface area contributed by atoms with E-state index in [2.05, 4.69) is 15.3 Å². The molecule has 0 bridgehead atoms. The van der Waals surface area contributed by atoms with E-state index in [4.69, 9.17) is 4.98 Å². The molecule has 0 saturated heterocycles. The Hall–Kier alpha value is -4.15. The van der Waals surface area contributed by atoms with E-state index in [0.717, 1.165) is 22.5 Å². The van der Waals surface area contributed by atoms with E-state index in [0.29, 0.717) is 36.8 Å². The van der Waals surface area contributed by atoms with E-state index in [1.54, 1.807) is 48.6 Å². The van der Waals surface area contributed by atoms with Crippen LogP contribution in [0.2, 0.25) is 0 Å². The maximum Gasteiger partial charge on any atom is 0.243 e. The van der Waals surface area contributed by atoms with Crippen LogP contribution in [0.5, 0.6) is 0 Å². The van der Waals surface area contributed by atoms with E-state index in [1.807, 2.05) is 49.4 Å². The van der Waals surface area contributed by atoms with Gasteiger partial charge in [-0.05, 0) is 42.5 Å². The smallest absolute Gasteiger partial charge is 0.243 e. The molecular formula is C28H28N6O3S. The predicted molar refractivity (Wildman–Crippen MR) is 147 cm³/mol. The van der Waals surface area contributed by atoms with Gasteiger partial charge in [0.2, 0.25) is 21.9 Å². The van der Waals surface area contributed by atoms with Gasteiger partial charge >= 0.3 is 0 Å². The van der Waals surface area contributed by atoms with E-state index in [-0.39, 0.29) is 17.2 Å². The molecule has 0 fully saturated rings. The molecule has 0 spiro atoms. The third-order valence-corrected chi connectivity index (χ3v) is 8.53. The zero-order chi connectivity index (χ0) is 26.7. The number of sulfonamides is 1. The molecule has 0 saturated carbocycles. The molecule has 1 aliphatic heterocycles. The van der Waals surface area contributed by atoms with Crippen LogP contribution in [0.25, 0.3) is 11.3 Å². The second-order valence-corrected chi connectivity index (χ2v) is 10.9.